The predicted molar refractivity (Wildman–Crippen MR) is 266 cm³/mol. The number of hydrogen-bond donors (Lipinski definition) is 15. The van der Waals surface area contributed by atoms with Crippen molar-refractivity contribution in [1.82, 2.24) is 42.5 Å². The maximum Gasteiger partial charge on any atom is 0.328 e. The molecule has 0 bridgehead atoms. The van der Waals surface area contributed by atoms with Crippen molar-refractivity contribution in [3.05, 3.63) is 0 Å². The summed E-state index contributed by atoms with van der Waals surface area (Å²) in [4.78, 5) is 156. The molecule has 0 spiro atoms. The first-order chi connectivity index (χ1) is 33.7. The Hall–Kier alpha value is -5.78. The second kappa shape index (κ2) is 35.4. The molecule has 410 valence electrons. The van der Waals surface area contributed by atoms with Crippen LogP contribution in [0.25, 0.3) is 0 Å². The maximum atomic E-state index is 14.0. The molecule has 0 aliphatic carbocycles. The van der Waals surface area contributed by atoms with Gasteiger partial charge >= 0.3 is 11.9 Å². The number of aliphatic hydroxyl groups is 1. The first-order valence-corrected chi connectivity index (χ1v) is 26.0. The standard InChI is InChI=1S/C43H76N12O15S2/c1-21(2)17-27(39(65)52-29(19-33(59)60)41(67)54-30(20-56)43(69)70)53-42(68)34(22(3)4)55-38(64)24(9-7-8-14-44)49-40(66)28(18-32(47)58)51-37(63)26(13-16-72-6)50-36(62)25(10-11-31(46)57)48-35(61)23(45)12-15-71-5/h21-30,34,56H,7-20,44-45H2,1-6H3,(H2,46,57)(H2,47,58)(H,48,61)(H,49,66)(H,50,62)(H,51,63)(H,52,65)(H,53,68)(H,54,67)(H,55,64)(H,59,60)(H,69,70). The normalized spacial score (nSPS) is 14.9. The Morgan fingerprint density at radius 1 is 0.500 bits per heavy atom. The molecule has 0 saturated carbocycles. The van der Waals surface area contributed by atoms with Gasteiger partial charge < -0.3 is 80.8 Å². The summed E-state index contributed by atoms with van der Waals surface area (Å²) in [7, 11) is 0. The molecule has 0 heterocycles. The second-order valence-electron chi connectivity index (χ2n) is 17.5. The summed E-state index contributed by atoms with van der Waals surface area (Å²) in [5.74, 6) is -12.9. The van der Waals surface area contributed by atoms with Crippen molar-refractivity contribution in [1.29, 1.82) is 0 Å². The van der Waals surface area contributed by atoms with E-state index in [4.69, 9.17) is 22.9 Å². The van der Waals surface area contributed by atoms with E-state index in [1.807, 2.05) is 11.6 Å². The second-order valence-corrected chi connectivity index (χ2v) is 19.5. The molecule has 27 nitrogen and oxygen atoms in total. The number of carbonyl (C=O) groups is 12. The molecule has 0 aromatic carbocycles. The fourth-order valence-corrected chi connectivity index (χ4v) is 7.53. The molecule has 10 amide bonds. The van der Waals surface area contributed by atoms with Crippen molar-refractivity contribution in [2.75, 3.05) is 37.2 Å². The number of aliphatic hydroxyl groups excluding tert-OH is 1. The van der Waals surface area contributed by atoms with Gasteiger partial charge in [-0.25, -0.2) is 4.79 Å². The fourth-order valence-electron chi connectivity index (χ4n) is 6.57. The van der Waals surface area contributed by atoms with E-state index in [1.165, 1.54) is 23.5 Å². The van der Waals surface area contributed by atoms with E-state index < -0.39 is 151 Å². The third-order valence-electron chi connectivity index (χ3n) is 10.5. The highest BCUT2D eigenvalue weighted by molar-refractivity contribution is 7.98. The lowest BCUT2D eigenvalue weighted by Crippen LogP contribution is -2.61. The zero-order valence-corrected chi connectivity index (χ0v) is 43.2. The summed E-state index contributed by atoms with van der Waals surface area (Å²) in [6.45, 7) is 5.63. The lowest BCUT2D eigenvalue weighted by molar-refractivity contribution is -0.144. The number of carbonyl (C=O) groups excluding carboxylic acids is 10. The minimum absolute atomic E-state index is 0.0219. The third-order valence-corrected chi connectivity index (χ3v) is 11.8. The number of hydrogen-bond acceptors (Lipinski definition) is 17. The molecule has 0 aliphatic rings. The van der Waals surface area contributed by atoms with Crippen LogP contribution in [0.5, 0.6) is 0 Å². The van der Waals surface area contributed by atoms with E-state index in [9.17, 15) is 72.9 Å². The van der Waals surface area contributed by atoms with Crippen molar-refractivity contribution >= 4 is 94.5 Å². The molecule has 72 heavy (non-hydrogen) atoms. The van der Waals surface area contributed by atoms with Gasteiger partial charge in [0.1, 0.15) is 48.3 Å². The number of nitrogens with one attached hydrogen (secondary N) is 8. The largest absolute Gasteiger partial charge is 0.481 e. The van der Waals surface area contributed by atoms with Gasteiger partial charge in [0.25, 0.3) is 0 Å². The summed E-state index contributed by atoms with van der Waals surface area (Å²) >= 11 is 2.75. The summed E-state index contributed by atoms with van der Waals surface area (Å²) in [5.41, 5.74) is 22.5. The van der Waals surface area contributed by atoms with Gasteiger partial charge in [-0.05, 0) is 87.3 Å². The molecular formula is C43H76N12O15S2. The predicted octanol–water partition coefficient (Wildman–Crippen LogP) is -4.78. The number of thioether (sulfide) groups is 2. The van der Waals surface area contributed by atoms with Gasteiger partial charge in [-0.3, -0.25) is 52.7 Å². The number of rotatable bonds is 38. The molecule has 0 radical (unpaired) electrons. The lowest BCUT2D eigenvalue weighted by atomic mass is 9.98. The van der Waals surface area contributed by atoms with Crippen LogP contribution in [0, 0.1) is 11.8 Å². The molecule has 0 rings (SSSR count). The Morgan fingerprint density at radius 2 is 0.931 bits per heavy atom. The molecule has 19 N–H and O–H groups in total. The lowest BCUT2D eigenvalue weighted by Gasteiger charge is -2.29. The molecule has 0 saturated heterocycles. The van der Waals surface area contributed by atoms with Crippen LogP contribution in [0.1, 0.15) is 91.9 Å². The number of carboxylic acids is 2. The van der Waals surface area contributed by atoms with Gasteiger partial charge in [0.05, 0.1) is 25.5 Å². The van der Waals surface area contributed by atoms with Gasteiger partial charge in [-0.1, -0.05) is 27.7 Å². The van der Waals surface area contributed by atoms with Crippen molar-refractivity contribution < 1.29 is 72.9 Å². The van der Waals surface area contributed by atoms with Crippen LogP contribution < -0.4 is 65.5 Å². The molecule has 9 atom stereocenters. The van der Waals surface area contributed by atoms with E-state index in [0.717, 1.165) is 0 Å². The zero-order chi connectivity index (χ0) is 55.2. The van der Waals surface area contributed by atoms with Gasteiger partial charge in [0.15, 0.2) is 0 Å². The van der Waals surface area contributed by atoms with Crippen LogP contribution in [0.4, 0.5) is 0 Å². The minimum Gasteiger partial charge on any atom is -0.481 e. The van der Waals surface area contributed by atoms with Crippen LogP contribution in [0.2, 0.25) is 0 Å². The summed E-state index contributed by atoms with van der Waals surface area (Å²) < 4.78 is 0. The highest BCUT2D eigenvalue weighted by Gasteiger charge is 2.36. The van der Waals surface area contributed by atoms with Crippen LogP contribution in [-0.4, -0.2) is 178 Å². The van der Waals surface area contributed by atoms with Crippen molar-refractivity contribution in [3.63, 3.8) is 0 Å². The van der Waals surface area contributed by atoms with E-state index in [2.05, 4.69) is 37.2 Å². The molecule has 29 heteroatoms. The number of carboxylic acid groups (broad SMARTS) is 2. The number of amides is 10. The van der Waals surface area contributed by atoms with Gasteiger partial charge in [0, 0.05) is 6.42 Å². The van der Waals surface area contributed by atoms with Crippen molar-refractivity contribution in [2.24, 2.45) is 34.8 Å². The minimum atomic E-state index is -1.85. The number of unbranched alkanes of at least 4 members (excludes halogenated alkanes) is 1. The quantitative estimate of drug-likeness (QED) is 0.0258. The Balaban J connectivity index is 6.65. The summed E-state index contributed by atoms with van der Waals surface area (Å²) in [6, 6.07) is -13.4. The molecule has 0 aromatic heterocycles. The smallest absolute Gasteiger partial charge is 0.328 e. The summed E-state index contributed by atoms with van der Waals surface area (Å²) in [5, 5.41) is 47.2. The summed E-state index contributed by atoms with van der Waals surface area (Å²) in [6.07, 6.45) is 1.93. The van der Waals surface area contributed by atoms with E-state index in [-0.39, 0.29) is 57.4 Å². The monoisotopic (exact) mass is 1060 g/mol. The number of primary amides is 2. The van der Waals surface area contributed by atoms with Gasteiger partial charge in [-0.2, -0.15) is 23.5 Å². The Bertz CT molecular complexity index is 1860. The molecular weight excluding hydrogens is 989 g/mol. The highest BCUT2D eigenvalue weighted by Crippen LogP contribution is 2.12. The zero-order valence-electron chi connectivity index (χ0n) is 41.6. The van der Waals surface area contributed by atoms with Crippen LogP contribution in [0.3, 0.4) is 0 Å². The van der Waals surface area contributed by atoms with E-state index >= 15 is 0 Å². The first kappa shape index (κ1) is 66.2. The van der Waals surface area contributed by atoms with Gasteiger partial charge in [-0.15, -0.1) is 0 Å². The van der Waals surface area contributed by atoms with Crippen molar-refractivity contribution in [2.45, 2.75) is 146 Å². The average Bonchev–Trinajstić information content (AvgIpc) is 3.29. The van der Waals surface area contributed by atoms with E-state index in [1.54, 1.807) is 34.0 Å². The maximum absolute atomic E-state index is 14.0. The highest BCUT2D eigenvalue weighted by atomic mass is 32.2. The molecule has 0 aliphatic heterocycles. The SMILES string of the molecule is CSCCC(N)C(=O)NC(CCC(N)=O)C(=O)NC(CCSC)C(=O)NC(CC(N)=O)C(=O)NC(CCCCN)C(=O)NC(C(=O)NC(CC(C)C)C(=O)NC(CC(=O)O)C(=O)NC(CO)C(=O)O)C(C)C. The van der Waals surface area contributed by atoms with Gasteiger partial charge in [0.2, 0.25) is 59.1 Å². The van der Waals surface area contributed by atoms with Crippen LogP contribution in [-0.2, 0) is 57.5 Å². The Kier molecular flexibility index (Phi) is 32.5. The number of nitrogens with two attached hydrogens (primary N) is 4. The Labute approximate surface area is 426 Å². The molecule has 0 aromatic rings. The fraction of sp³-hybridized carbons (Fsp3) is 0.721. The van der Waals surface area contributed by atoms with Crippen molar-refractivity contribution in [3.8, 4) is 0 Å². The molecule has 9 unspecified atom stereocenters. The van der Waals surface area contributed by atoms with E-state index in [0.29, 0.717) is 17.9 Å². The first-order valence-electron chi connectivity index (χ1n) is 23.2. The van der Waals surface area contributed by atoms with Crippen LogP contribution in [0.15, 0.2) is 0 Å². The van der Waals surface area contributed by atoms with Crippen LogP contribution >= 0.6 is 23.5 Å². The molecule has 0 fully saturated rings. The number of aliphatic carboxylic acids is 2. The Morgan fingerprint density at radius 3 is 1.39 bits per heavy atom. The third kappa shape index (κ3) is 26.6. The average molecular weight is 1070 g/mol. The topological polar surface area (TPSA) is 466 Å².